The van der Waals surface area contributed by atoms with Gasteiger partial charge in [-0.25, -0.2) is 4.98 Å². The average molecular weight is 269 g/mol. The first-order valence-electron chi connectivity index (χ1n) is 6.40. The Bertz CT molecular complexity index is 435. The summed E-state index contributed by atoms with van der Waals surface area (Å²) in [6, 6.07) is 0. The van der Waals surface area contributed by atoms with Crippen molar-refractivity contribution in [2.45, 2.75) is 51.6 Å². The first-order valence-corrected chi connectivity index (χ1v) is 7.21. The zero-order valence-electron chi connectivity index (χ0n) is 10.9. The van der Waals surface area contributed by atoms with Crippen LogP contribution >= 0.6 is 11.3 Å². The van der Waals surface area contributed by atoms with Gasteiger partial charge < -0.3 is 9.84 Å². The van der Waals surface area contributed by atoms with Crippen molar-refractivity contribution >= 4 is 17.3 Å². The lowest BCUT2D eigenvalue weighted by Crippen LogP contribution is -2.25. The Morgan fingerprint density at radius 3 is 2.72 bits per heavy atom. The molecule has 4 nitrogen and oxygen atoms in total. The summed E-state index contributed by atoms with van der Waals surface area (Å²) in [7, 11) is 0. The van der Waals surface area contributed by atoms with E-state index < -0.39 is 5.97 Å². The molecular weight excluding hydrogens is 250 g/mol. The average Bonchev–Trinajstić information content (AvgIpc) is 2.88. The fourth-order valence-corrected chi connectivity index (χ4v) is 3.82. The molecule has 0 atom stereocenters. The number of ether oxygens (including phenoxy) is 1. The minimum absolute atomic E-state index is 0.0612. The molecule has 100 valence electrons. The Morgan fingerprint density at radius 2 is 2.17 bits per heavy atom. The van der Waals surface area contributed by atoms with E-state index >= 15 is 0 Å². The molecule has 0 saturated heterocycles. The Labute approximate surface area is 111 Å². The molecule has 1 aliphatic carbocycles. The molecular formula is C13H19NO3S. The number of hydrogen-bond donors (Lipinski definition) is 1. The molecule has 5 heteroatoms. The second-order valence-electron chi connectivity index (χ2n) is 4.73. The van der Waals surface area contributed by atoms with Crippen molar-refractivity contribution in [1.82, 2.24) is 4.98 Å². The Kier molecular flexibility index (Phi) is 4.02. The van der Waals surface area contributed by atoms with Gasteiger partial charge in [-0.05, 0) is 26.7 Å². The molecule has 0 aliphatic heterocycles. The molecule has 1 aliphatic rings. The number of rotatable bonds is 5. The van der Waals surface area contributed by atoms with Crippen LogP contribution in [-0.2, 0) is 21.6 Å². The van der Waals surface area contributed by atoms with Gasteiger partial charge in [0.25, 0.3) is 0 Å². The molecule has 18 heavy (non-hydrogen) atoms. The van der Waals surface area contributed by atoms with Crippen molar-refractivity contribution in [2.24, 2.45) is 0 Å². The highest BCUT2D eigenvalue weighted by molar-refractivity contribution is 7.12. The van der Waals surface area contributed by atoms with Crippen LogP contribution in [0.3, 0.4) is 0 Å². The van der Waals surface area contributed by atoms with Gasteiger partial charge in [0.05, 0.1) is 12.1 Å². The third-order valence-electron chi connectivity index (χ3n) is 3.43. The molecule has 0 bridgehead atoms. The molecule has 1 aromatic rings. The van der Waals surface area contributed by atoms with Crippen LogP contribution in [0, 0.1) is 6.92 Å². The predicted molar refractivity (Wildman–Crippen MR) is 70.0 cm³/mol. The number of carboxylic acids is 1. The van der Waals surface area contributed by atoms with Crippen LogP contribution < -0.4 is 0 Å². The molecule has 1 fully saturated rings. The fraction of sp³-hybridized carbons (Fsp3) is 0.692. The van der Waals surface area contributed by atoms with Gasteiger partial charge in [-0.1, -0.05) is 12.8 Å². The first kappa shape index (κ1) is 13.5. The lowest BCUT2D eigenvalue weighted by atomic mass is 10.0. The molecule has 0 spiro atoms. The largest absolute Gasteiger partial charge is 0.481 e. The molecule has 0 radical (unpaired) electrons. The summed E-state index contributed by atoms with van der Waals surface area (Å²) in [6.45, 7) is 4.55. The molecule has 1 aromatic heterocycles. The zero-order valence-corrected chi connectivity index (χ0v) is 11.7. The van der Waals surface area contributed by atoms with E-state index in [0.717, 1.165) is 41.3 Å². The molecule has 1 saturated carbocycles. The van der Waals surface area contributed by atoms with E-state index in [1.54, 1.807) is 0 Å². The second-order valence-corrected chi connectivity index (χ2v) is 5.82. The number of thiazole rings is 1. The maximum Gasteiger partial charge on any atom is 0.308 e. The molecule has 0 unspecified atom stereocenters. The quantitative estimate of drug-likeness (QED) is 0.893. The van der Waals surface area contributed by atoms with Gasteiger partial charge in [0, 0.05) is 11.5 Å². The summed E-state index contributed by atoms with van der Waals surface area (Å²) in [4.78, 5) is 16.2. The van der Waals surface area contributed by atoms with Crippen molar-refractivity contribution < 1.29 is 14.6 Å². The topological polar surface area (TPSA) is 59.4 Å². The summed E-state index contributed by atoms with van der Waals surface area (Å²) in [5, 5.41) is 9.85. The van der Waals surface area contributed by atoms with Crippen molar-refractivity contribution in [2.75, 3.05) is 6.61 Å². The van der Waals surface area contributed by atoms with E-state index in [1.165, 1.54) is 11.3 Å². The highest BCUT2D eigenvalue weighted by atomic mass is 32.1. The highest BCUT2D eigenvalue weighted by Crippen LogP contribution is 2.44. The van der Waals surface area contributed by atoms with Crippen LogP contribution in [0.2, 0.25) is 0 Å². The van der Waals surface area contributed by atoms with Gasteiger partial charge >= 0.3 is 5.97 Å². The number of hydrogen-bond acceptors (Lipinski definition) is 4. The van der Waals surface area contributed by atoms with Crippen molar-refractivity contribution in [3.63, 3.8) is 0 Å². The standard InChI is InChI=1S/C13H19NO3S/c1-3-17-13(6-4-5-7-13)12-14-9(2)10(18-12)8-11(15)16/h3-8H2,1-2H3,(H,15,16). The normalized spacial score (nSPS) is 18.1. The minimum Gasteiger partial charge on any atom is -0.481 e. The van der Waals surface area contributed by atoms with Gasteiger partial charge in [0.1, 0.15) is 10.6 Å². The third kappa shape index (κ3) is 2.57. The lowest BCUT2D eigenvalue weighted by Gasteiger charge is -2.26. The van der Waals surface area contributed by atoms with E-state index in [1.807, 2.05) is 13.8 Å². The third-order valence-corrected chi connectivity index (χ3v) is 4.77. The highest BCUT2D eigenvalue weighted by Gasteiger charge is 2.39. The smallest absolute Gasteiger partial charge is 0.308 e. The van der Waals surface area contributed by atoms with Crippen LogP contribution in [0.1, 0.15) is 48.2 Å². The SMILES string of the molecule is CCOC1(c2nc(C)c(CC(=O)O)s2)CCCC1. The maximum atomic E-state index is 10.8. The van der Waals surface area contributed by atoms with Crippen molar-refractivity contribution in [3.8, 4) is 0 Å². The van der Waals surface area contributed by atoms with Crippen LogP contribution in [0.4, 0.5) is 0 Å². The monoisotopic (exact) mass is 269 g/mol. The minimum atomic E-state index is -0.801. The summed E-state index contributed by atoms with van der Waals surface area (Å²) in [5.74, 6) is -0.801. The maximum absolute atomic E-state index is 10.8. The van der Waals surface area contributed by atoms with Crippen LogP contribution in [-0.4, -0.2) is 22.7 Å². The molecule has 2 rings (SSSR count). The summed E-state index contributed by atoms with van der Waals surface area (Å²) < 4.78 is 5.95. The number of carboxylic acid groups (broad SMARTS) is 1. The van der Waals surface area contributed by atoms with Gasteiger partial charge in [-0.2, -0.15) is 0 Å². The Morgan fingerprint density at radius 1 is 1.50 bits per heavy atom. The number of aliphatic carboxylic acids is 1. The molecule has 1 N–H and O–H groups in total. The van der Waals surface area contributed by atoms with E-state index in [9.17, 15) is 4.79 Å². The van der Waals surface area contributed by atoms with Crippen LogP contribution in [0.5, 0.6) is 0 Å². The fourth-order valence-electron chi connectivity index (χ4n) is 2.57. The second kappa shape index (κ2) is 5.36. The Hall–Kier alpha value is -0.940. The zero-order chi connectivity index (χ0) is 13.2. The summed E-state index contributed by atoms with van der Waals surface area (Å²) in [5.41, 5.74) is 0.587. The van der Waals surface area contributed by atoms with Gasteiger partial charge in [-0.3, -0.25) is 4.79 Å². The summed E-state index contributed by atoms with van der Waals surface area (Å²) >= 11 is 1.51. The Balaban J connectivity index is 2.28. The van der Waals surface area contributed by atoms with E-state index in [0.29, 0.717) is 6.61 Å². The van der Waals surface area contributed by atoms with Gasteiger partial charge in [0.2, 0.25) is 0 Å². The molecule has 0 amide bonds. The number of nitrogens with zero attached hydrogens (tertiary/aromatic N) is 1. The predicted octanol–water partition coefficient (Wildman–Crippen LogP) is 2.88. The summed E-state index contributed by atoms with van der Waals surface area (Å²) in [6.07, 6.45) is 4.38. The number of aryl methyl sites for hydroxylation is 1. The van der Waals surface area contributed by atoms with E-state index in [-0.39, 0.29) is 12.0 Å². The molecule has 1 heterocycles. The lowest BCUT2D eigenvalue weighted by molar-refractivity contribution is -0.136. The van der Waals surface area contributed by atoms with Crippen LogP contribution in [0.25, 0.3) is 0 Å². The van der Waals surface area contributed by atoms with Crippen molar-refractivity contribution in [1.29, 1.82) is 0 Å². The number of carbonyl (C=O) groups is 1. The van der Waals surface area contributed by atoms with Gasteiger partial charge in [0.15, 0.2) is 0 Å². The van der Waals surface area contributed by atoms with Gasteiger partial charge in [-0.15, -0.1) is 11.3 Å². The number of aromatic nitrogens is 1. The van der Waals surface area contributed by atoms with Crippen molar-refractivity contribution in [3.05, 3.63) is 15.6 Å². The van der Waals surface area contributed by atoms with E-state index in [4.69, 9.17) is 9.84 Å². The van der Waals surface area contributed by atoms with E-state index in [2.05, 4.69) is 4.98 Å². The van der Waals surface area contributed by atoms with Crippen LogP contribution in [0.15, 0.2) is 0 Å². The molecule has 0 aromatic carbocycles. The first-order chi connectivity index (χ1) is 8.57.